The first-order valence-corrected chi connectivity index (χ1v) is 18.0. The van der Waals surface area contributed by atoms with E-state index < -0.39 is 32.2 Å². The van der Waals surface area contributed by atoms with Crippen molar-refractivity contribution in [1.29, 1.82) is 0 Å². The number of fused-ring (bicyclic) bond motifs is 2. The molecule has 2 aliphatic rings. The van der Waals surface area contributed by atoms with Gasteiger partial charge >= 0.3 is 18.0 Å². The summed E-state index contributed by atoms with van der Waals surface area (Å²) in [6.45, 7) is 8.97. The number of primary amides is 1. The summed E-state index contributed by atoms with van der Waals surface area (Å²) in [7, 11) is 7.36. The van der Waals surface area contributed by atoms with Crippen molar-refractivity contribution in [2.45, 2.75) is 38.8 Å². The lowest BCUT2D eigenvalue weighted by atomic mass is 10.1. The van der Waals surface area contributed by atoms with Gasteiger partial charge in [-0.15, -0.1) is 10.2 Å². The molecule has 0 radical (unpaired) electrons. The highest BCUT2D eigenvalue weighted by Gasteiger charge is 2.39. The highest BCUT2D eigenvalue weighted by atomic mass is 36.0. The molecule has 5 aromatic rings. The average molecular weight is 795 g/mol. The second-order valence-electron chi connectivity index (χ2n) is 12.3. The number of pyridine rings is 1. The van der Waals surface area contributed by atoms with Crippen molar-refractivity contribution < 1.29 is 38.0 Å². The second-order valence-corrected chi connectivity index (χ2v) is 14.8. The van der Waals surface area contributed by atoms with Gasteiger partial charge in [-0.1, -0.05) is 16.5 Å². The third-order valence-electron chi connectivity index (χ3n) is 7.63. The Morgan fingerprint density at radius 1 is 0.774 bits per heavy atom. The monoisotopic (exact) mass is 793 g/mol. The molecule has 22 heteroatoms. The molecule has 19 nitrogen and oxygen atoms in total. The van der Waals surface area contributed by atoms with Crippen molar-refractivity contribution in [3.05, 3.63) is 78.1 Å². The highest BCUT2D eigenvalue weighted by molar-refractivity contribution is 8.26. The van der Waals surface area contributed by atoms with E-state index in [9.17, 15) is 19.2 Å². The van der Waals surface area contributed by atoms with Crippen molar-refractivity contribution in [3.8, 4) is 0 Å². The number of aromatic carboxylic acids is 1. The molecule has 0 saturated carbocycles. The van der Waals surface area contributed by atoms with Gasteiger partial charge in [0, 0.05) is 39.3 Å². The Kier molecular flexibility index (Phi) is 14.4. The standard InChI is InChI=1S/C13H15N5O3.C13H14N4O4.C5H5N.Cl2OS.H3N/c1-13(2)6-21-7-17(13)12(20)18-10-4-3-8(11(14)19)5-9(10)15-16-18;1-13(2)6-21-7-16(13)12(20)17-10-4-3-8(11(18)19)5-9(10)14-15-17;1-2-4-6-5-3-1;1-4(2)3;/h3-5H,6-7H2,1-2H3,(H2,14,19);3-5H,6-7H2,1-2H3,(H,18,19);1-5H;;1H3. The van der Waals surface area contributed by atoms with Gasteiger partial charge in [-0.05, 0) is 76.2 Å². The Balaban J connectivity index is 0.000000224. The average Bonchev–Trinajstić information content (AvgIpc) is 3.89. The number of aromatic nitrogens is 7. The molecule has 53 heavy (non-hydrogen) atoms. The van der Waals surface area contributed by atoms with E-state index >= 15 is 0 Å². The number of carbonyl (C=O) groups excluding carboxylic acids is 3. The zero-order chi connectivity index (χ0) is 38.2. The van der Waals surface area contributed by atoms with Crippen molar-refractivity contribution in [2.24, 2.45) is 5.73 Å². The number of carbonyl (C=O) groups is 4. The zero-order valence-corrected chi connectivity index (χ0v) is 31.3. The lowest BCUT2D eigenvalue weighted by Gasteiger charge is -2.28. The number of amides is 3. The van der Waals surface area contributed by atoms with E-state index in [0.717, 1.165) is 4.68 Å². The van der Waals surface area contributed by atoms with Crippen molar-refractivity contribution >= 4 is 76.6 Å². The summed E-state index contributed by atoms with van der Waals surface area (Å²) in [6.07, 6.45) is 3.50. The molecule has 3 aromatic heterocycles. The molecule has 5 heterocycles. The van der Waals surface area contributed by atoms with E-state index in [1.165, 1.54) is 28.9 Å². The quantitative estimate of drug-likeness (QED) is 0.213. The van der Waals surface area contributed by atoms with Crippen LogP contribution in [0.3, 0.4) is 0 Å². The molecule has 284 valence electrons. The Hall–Kier alpha value is -5.12. The molecule has 0 aliphatic carbocycles. The van der Waals surface area contributed by atoms with Crippen LogP contribution in [-0.2, 0) is 18.7 Å². The first-order valence-electron chi connectivity index (χ1n) is 15.2. The molecule has 7 rings (SSSR count). The third-order valence-corrected chi connectivity index (χ3v) is 7.63. The van der Waals surface area contributed by atoms with Crippen molar-refractivity contribution in [1.82, 2.24) is 50.9 Å². The number of nitrogens with zero attached hydrogens (tertiary/aromatic N) is 9. The van der Waals surface area contributed by atoms with E-state index in [0.29, 0.717) is 40.8 Å². The predicted octanol–water partition coefficient (Wildman–Crippen LogP) is 4.02. The lowest BCUT2D eigenvalue weighted by Crippen LogP contribution is -2.46. The molecular formula is C31H37Cl2N11O8S. The molecule has 0 spiro atoms. The smallest absolute Gasteiger partial charge is 0.349 e. The van der Waals surface area contributed by atoms with Crippen LogP contribution in [0, 0.1) is 0 Å². The van der Waals surface area contributed by atoms with Crippen molar-refractivity contribution in [3.63, 3.8) is 0 Å². The fourth-order valence-electron chi connectivity index (χ4n) is 4.86. The highest BCUT2D eigenvalue weighted by Crippen LogP contribution is 2.25. The summed E-state index contributed by atoms with van der Waals surface area (Å²) in [5.74, 6) is -1.60. The number of nitrogens with two attached hydrogens (primary N) is 1. The van der Waals surface area contributed by atoms with Gasteiger partial charge in [0.05, 0.1) is 40.9 Å². The Labute approximate surface area is 313 Å². The number of carboxylic acid groups (broad SMARTS) is 1. The van der Waals surface area contributed by atoms with Gasteiger partial charge in [-0.2, -0.15) is 9.36 Å². The Morgan fingerprint density at radius 2 is 1.19 bits per heavy atom. The topological polar surface area (TPSA) is 266 Å². The van der Waals surface area contributed by atoms with Crippen LogP contribution in [-0.4, -0.2) is 116 Å². The largest absolute Gasteiger partial charge is 0.478 e. The molecule has 2 fully saturated rings. The van der Waals surface area contributed by atoms with Crippen LogP contribution in [0.5, 0.6) is 0 Å². The molecule has 2 aromatic carbocycles. The van der Waals surface area contributed by atoms with Crippen LogP contribution < -0.4 is 11.9 Å². The fourth-order valence-corrected chi connectivity index (χ4v) is 4.86. The summed E-state index contributed by atoms with van der Waals surface area (Å²) in [6, 6.07) is 14.1. The second kappa shape index (κ2) is 18.1. The van der Waals surface area contributed by atoms with E-state index in [4.69, 9.17) is 24.5 Å². The molecule has 3 amide bonds. The van der Waals surface area contributed by atoms with Crippen molar-refractivity contribution in [2.75, 3.05) is 26.7 Å². The summed E-state index contributed by atoms with van der Waals surface area (Å²) < 4.78 is 22.1. The van der Waals surface area contributed by atoms with Gasteiger partial charge in [-0.25, -0.2) is 18.6 Å². The molecule has 2 saturated heterocycles. The number of hydrogen-bond donors (Lipinski definition) is 3. The van der Waals surface area contributed by atoms with Gasteiger partial charge in [0.25, 0.3) is 0 Å². The van der Waals surface area contributed by atoms with E-state index in [-0.39, 0.29) is 37.2 Å². The zero-order valence-electron chi connectivity index (χ0n) is 29.0. The number of ether oxygens (including phenoxy) is 2. The third kappa shape index (κ3) is 10.5. The first kappa shape index (κ1) is 42.3. The maximum absolute atomic E-state index is 12.6. The molecule has 2 aliphatic heterocycles. The van der Waals surface area contributed by atoms with Gasteiger partial charge in [-0.3, -0.25) is 19.6 Å². The van der Waals surface area contributed by atoms with Crippen LogP contribution in [0.2, 0.25) is 0 Å². The molecule has 0 bridgehead atoms. The SMILES string of the molecule is CC1(C)COCN1C(=O)n1nnc2cc(C(=O)O)ccc21.CC1(C)COCN1C(=O)n1nnc2cc(C(N)=O)ccc21.N.O=S(Cl)Cl.c1ccncc1. The van der Waals surface area contributed by atoms with E-state index in [2.05, 4.69) is 47.0 Å². The predicted molar refractivity (Wildman–Crippen MR) is 195 cm³/mol. The van der Waals surface area contributed by atoms with E-state index in [1.807, 2.05) is 45.9 Å². The summed E-state index contributed by atoms with van der Waals surface area (Å²) in [5.41, 5.74) is 6.62. The van der Waals surface area contributed by atoms with Gasteiger partial charge in [0.1, 0.15) is 24.5 Å². The Bertz CT molecular complexity index is 1940. The minimum absolute atomic E-state index is 0. The minimum Gasteiger partial charge on any atom is -0.478 e. The first-order chi connectivity index (χ1) is 24.5. The normalized spacial score (nSPS) is 15.3. The van der Waals surface area contributed by atoms with Crippen LogP contribution in [0.1, 0.15) is 48.4 Å². The lowest BCUT2D eigenvalue weighted by molar-refractivity contribution is 0.0696. The van der Waals surface area contributed by atoms with Gasteiger partial charge in [0.2, 0.25) is 15.1 Å². The number of hydrogen-bond acceptors (Lipinski definition) is 13. The van der Waals surface area contributed by atoms with Gasteiger partial charge in [0.15, 0.2) is 0 Å². The molecule has 0 unspecified atom stereocenters. The van der Waals surface area contributed by atoms with Crippen LogP contribution in [0.25, 0.3) is 22.1 Å². The summed E-state index contributed by atoms with van der Waals surface area (Å²) in [5, 5.41) is 24.4. The molecule has 6 N–H and O–H groups in total. The van der Waals surface area contributed by atoms with Gasteiger partial charge < -0.3 is 26.5 Å². The maximum Gasteiger partial charge on any atom is 0.349 e. The van der Waals surface area contributed by atoms with E-state index in [1.54, 1.807) is 34.3 Å². The minimum atomic E-state index is -1.67. The Morgan fingerprint density at radius 3 is 1.51 bits per heavy atom. The fraction of sp³-hybridized carbons (Fsp3) is 0.323. The number of halogens is 2. The van der Waals surface area contributed by atoms with Crippen LogP contribution in [0.4, 0.5) is 9.59 Å². The van der Waals surface area contributed by atoms with Crippen LogP contribution in [0.15, 0.2) is 67.0 Å². The number of carboxylic acids is 1. The molecular weight excluding hydrogens is 757 g/mol. The van der Waals surface area contributed by atoms with Crippen LogP contribution >= 0.6 is 21.4 Å². The number of rotatable bonds is 2. The summed E-state index contributed by atoms with van der Waals surface area (Å²) in [4.78, 5) is 54.1. The number of benzene rings is 2. The summed E-state index contributed by atoms with van der Waals surface area (Å²) >= 11 is 0. The molecule has 0 atom stereocenters. The maximum atomic E-state index is 12.6.